The lowest BCUT2D eigenvalue weighted by atomic mass is 10.0. The summed E-state index contributed by atoms with van der Waals surface area (Å²) in [5.74, 6) is 0.0134. The molecule has 1 saturated heterocycles. The average Bonchev–Trinajstić information content (AvgIpc) is 2.92. The summed E-state index contributed by atoms with van der Waals surface area (Å²) in [7, 11) is 0. The number of carbonyl (C=O) groups excluding carboxylic acids is 1. The first kappa shape index (κ1) is 14.6. The van der Waals surface area contributed by atoms with Crippen LogP contribution >= 0.6 is 0 Å². The van der Waals surface area contributed by atoms with Gasteiger partial charge in [0.15, 0.2) is 0 Å². The third-order valence-corrected chi connectivity index (χ3v) is 3.77. The van der Waals surface area contributed by atoms with Crippen LogP contribution in [-0.4, -0.2) is 12.5 Å². The smallest absolute Gasteiger partial charge is 0.312 e. The summed E-state index contributed by atoms with van der Waals surface area (Å²) in [5, 5.41) is 0. The van der Waals surface area contributed by atoms with Gasteiger partial charge in [0, 0.05) is 18.5 Å². The molecule has 22 heavy (non-hydrogen) atoms. The molecule has 0 unspecified atom stereocenters. The second-order valence-electron chi connectivity index (χ2n) is 5.24. The van der Waals surface area contributed by atoms with Gasteiger partial charge in [-0.15, -0.1) is 0 Å². The Morgan fingerprint density at radius 3 is 2.45 bits per heavy atom. The molecule has 5 heteroatoms. The Hall–Kier alpha value is -2.30. The van der Waals surface area contributed by atoms with Gasteiger partial charge >= 0.3 is 6.18 Å². The summed E-state index contributed by atoms with van der Waals surface area (Å²) in [6.45, 7) is 0.606. The van der Waals surface area contributed by atoms with Crippen molar-refractivity contribution in [1.82, 2.24) is 0 Å². The molecule has 1 heterocycles. The van der Waals surface area contributed by atoms with Crippen LogP contribution in [0.5, 0.6) is 0 Å². The van der Waals surface area contributed by atoms with Crippen molar-refractivity contribution in [2.24, 2.45) is 0 Å². The third-order valence-electron chi connectivity index (χ3n) is 3.77. The van der Waals surface area contributed by atoms with E-state index >= 15 is 0 Å². The van der Waals surface area contributed by atoms with E-state index in [1.807, 2.05) is 0 Å². The van der Waals surface area contributed by atoms with Gasteiger partial charge in [-0.25, -0.2) is 0 Å². The van der Waals surface area contributed by atoms with Crippen LogP contribution in [0.4, 0.5) is 18.9 Å². The van der Waals surface area contributed by atoms with E-state index in [0.717, 1.165) is 18.6 Å². The zero-order chi connectivity index (χ0) is 15.7. The van der Waals surface area contributed by atoms with E-state index in [1.165, 1.54) is 6.07 Å². The molecular weight excluding hydrogens is 291 g/mol. The minimum absolute atomic E-state index is 0.0134. The molecule has 2 nitrogen and oxygen atoms in total. The molecule has 0 spiro atoms. The Balaban J connectivity index is 2.08. The van der Waals surface area contributed by atoms with Crippen LogP contribution in [0.3, 0.4) is 0 Å². The average molecular weight is 305 g/mol. The molecule has 1 amide bonds. The number of anilines is 1. The van der Waals surface area contributed by atoms with Crippen LogP contribution in [-0.2, 0) is 11.0 Å². The minimum atomic E-state index is -4.38. The Labute approximate surface area is 126 Å². The van der Waals surface area contributed by atoms with Crippen LogP contribution in [0.2, 0.25) is 0 Å². The van der Waals surface area contributed by atoms with Crippen molar-refractivity contribution in [2.75, 3.05) is 11.4 Å². The Morgan fingerprint density at radius 2 is 1.77 bits per heavy atom. The van der Waals surface area contributed by atoms with Crippen molar-refractivity contribution in [2.45, 2.75) is 19.0 Å². The lowest BCUT2D eigenvalue weighted by molar-refractivity contribution is -0.137. The van der Waals surface area contributed by atoms with Crippen LogP contribution in [0.1, 0.15) is 18.4 Å². The first-order valence-electron chi connectivity index (χ1n) is 7.04. The monoisotopic (exact) mass is 305 g/mol. The molecule has 2 aromatic carbocycles. The Morgan fingerprint density at radius 1 is 1.00 bits per heavy atom. The number of halogens is 3. The van der Waals surface area contributed by atoms with E-state index < -0.39 is 11.7 Å². The highest BCUT2D eigenvalue weighted by molar-refractivity contribution is 5.99. The fraction of sp³-hybridized carbons (Fsp3) is 0.235. The predicted octanol–water partition coefficient (Wildman–Crippen LogP) is 4.50. The zero-order valence-electron chi connectivity index (χ0n) is 11.7. The number of nitrogens with zero attached hydrogens (tertiary/aromatic N) is 1. The maximum atomic E-state index is 12.9. The summed E-state index contributed by atoms with van der Waals surface area (Å²) in [4.78, 5) is 13.6. The fourth-order valence-corrected chi connectivity index (χ4v) is 2.72. The molecule has 0 N–H and O–H groups in total. The summed E-state index contributed by atoms with van der Waals surface area (Å²) >= 11 is 0. The quantitative estimate of drug-likeness (QED) is 0.800. The van der Waals surface area contributed by atoms with Gasteiger partial charge in [-0.1, -0.05) is 30.3 Å². The predicted molar refractivity (Wildman–Crippen MR) is 78.5 cm³/mol. The Bertz CT molecular complexity index is 709. The number of carbonyl (C=O) groups is 1. The van der Waals surface area contributed by atoms with Gasteiger partial charge in [-0.3, -0.25) is 4.79 Å². The van der Waals surface area contributed by atoms with Crippen molar-refractivity contribution < 1.29 is 18.0 Å². The van der Waals surface area contributed by atoms with Gasteiger partial charge in [0.2, 0.25) is 5.91 Å². The molecule has 0 bridgehead atoms. The van der Waals surface area contributed by atoms with E-state index in [4.69, 9.17) is 0 Å². The summed E-state index contributed by atoms with van der Waals surface area (Å²) in [6, 6.07) is 12.3. The van der Waals surface area contributed by atoms with Gasteiger partial charge in [0.05, 0.1) is 11.3 Å². The standard InChI is InChI=1S/C17H14F3NO/c18-17(19,20)13-6-3-5-12(11-13)14-7-1-2-8-15(14)21-10-4-9-16(21)22/h1-3,5-8,11H,4,9-10H2. The second kappa shape index (κ2) is 5.48. The van der Waals surface area contributed by atoms with Crippen molar-refractivity contribution >= 4 is 11.6 Å². The minimum Gasteiger partial charge on any atom is -0.312 e. The number of benzene rings is 2. The van der Waals surface area contributed by atoms with E-state index in [0.29, 0.717) is 29.8 Å². The molecule has 0 radical (unpaired) electrons. The highest BCUT2D eigenvalue weighted by atomic mass is 19.4. The Kier molecular flexibility index (Phi) is 3.64. The van der Waals surface area contributed by atoms with Crippen molar-refractivity contribution in [3.05, 3.63) is 54.1 Å². The first-order valence-corrected chi connectivity index (χ1v) is 7.04. The van der Waals surface area contributed by atoms with E-state index in [9.17, 15) is 18.0 Å². The van der Waals surface area contributed by atoms with E-state index in [2.05, 4.69) is 0 Å². The van der Waals surface area contributed by atoms with Gasteiger partial charge < -0.3 is 4.90 Å². The van der Waals surface area contributed by atoms with Gasteiger partial charge in [0.25, 0.3) is 0 Å². The second-order valence-corrected chi connectivity index (χ2v) is 5.24. The van der Waals surface area contributed by atoms with Gasteiger partial charge in [-0.05, 0) is 30.2 Å². The van der Waals surface area contributed by atoms with Crippen LogP contribution in [0, 0.1) is 0 Å². The normalized spacial score (nSPS) is 15.4. The van der Waals surface area contributed by atoms with Crippen LogP contribution in [0.15, 0.2) is 48.5 Å². The number of rotatable bonds is 2. The third kappa shape index (κ3) is 2.71. The van der Waals surface area contributed by atoms with Gasteiger partial charge in [-0.2, -0.15) is 13.2 Å². The van der Waals surface area contributed by atoms with Crippen LogP contribution < -0.4 is 4.90 Å². The SMILES string of the molecule is O=C1CCCN1c1ccccc1-c1cccc(C(F)(F)F)c1. The number of hydrogen-bond acceptors (Lipinski definition) is 1. The lowest BCUT2D eigenvalue weighted by Gasteiger charge is -2.20. The maximum Gasteiger partial charge on any atom is 0.416 e. The summed E-state index contributed by atoms with van der Waals surface area (Å²) in [5.41, 5.74) is 1.09. The molecule has 0 aliphatic carbocycles. The van der Waals surface area contributed by atoms with E-state index in [-0.39, 0.29) is 5.91 Å². The van der Waals surface area contributed by atoms with Crippen molar-refractivity contribution in [3.63, 3.8) is 0 Å². The molecule has 1 aliphatic rings. The molecule has 114 valence electrons. The molecule has 0 saturated carbocycles. The van der Waals surface area contributed by atoms with Gasteiger partial charge in [0.1, 0.15) is 0 Å². The highest BCUT2D eigenvalue weighted by Gasteiger charge is 2.31. The molecule has 2 aromatic rings. The van der Waals surface area contributed by atoms with Crippen molar-refractivity contribution in [3.8, 4) is 11.1 Å². The van der Waals surface area contributed by atoms with Crippen LogP contribution in [0.25, 0.3) is 11.1 Å². The topological polar surface area (TPSA) is 20.3 Å². The van der Waals surface area contributed by atoms with E-state index in [1.54, 1.807) is 35.2 Å². The molecule has 0 aromatic heterocycles. The molecule has 0 atom stereocenters. The highest BCUT2D eigenvalue weighted by Crippen LogP contribution is 2.36. The lowest BCUT2D eigenvalue weighted by Crippen LogP contribution is -2.24. The summed E-state index contributed by atoms with van der Waals surface area (Å²) in [6.07, 6.45) is -3.12. The maximum absolute atomic E-state index is 12.9. The zero-order valence-corrected chi connectivity index (χ0v) is 11.7. The number of hydrogen-bond donors (Lipinski definition) is 0. The fourth-order valence-electron chi connectivity index (χ4n) is 2.72. The molecule has 1 fully saturated rings. The largest absolute Gasteiger partial charge is 0.416 e. The number of para-hydroxylation sites is 1. The molecular formula is C17H14F3NO. The first-order chi connectivity index (χ1) is 10.5. The molecule has 3 rings (SSSR count). The molecule has 1 aliphatic heterocycles. The summed E-state index contributed by atoms with van der Waals surface area (Å²) < 4.78 is 38.6. The number of amides is 1. The van der Waals surface area contributed by atoms with Crippen molar-refractivity contribution in [1.29, 1.82) is 0 Å². The number of alkyl halides is 3.